The van der Waals surface area contributed by atoms with Gasteiger partial charge in [-0.2, -0.15) is 0 Å². The van der Waals surface area contributed by atoms with Crippen molar-refractivity contribution in [3.63, 3.8) is 0 Å². The second-order valence-corrected chi connectivity index (χ2v) is 6.19. The Kier molecular flexibility index (Phi) is 3.03. The fourth-order valence-corrected chi connectivity index (χ4v) is 3.86. The van der Waals surface area contributed by atoms with Gasteiger partial charge in [0.15, 0.2) is 11.8 Å². The highest BCUT2D eigenvalue weighted by atomic mass is 16.6. The van der Waals surface area contributed by atoms with Crippen LogP contribution in [-0.4, -0.2) is 46.9 Å². The first kappa shape index (κ1) is 13.2. The maximum Gasteiger partial charge on any atom is 0.257 e. The third-order valence-corrected chi connectivity index (χ3v) is 4.97. The highest BCUT2D eigenvalue weighted by molar-refractivity contribution is 5.88. The Morgan fingerprint density at radius 2 is 1.95 bits per heavy atom. The Hall–Kier alpha value is -1.43. The molecule has 5 nitrogen and oxygen atoms in total. The smallest absolute Gasteiger partial charge is 0.257 e. The maximum absolute atomic E-state index is 13.0. The summed E-state index contributed by atoms with van der Waals surface area (Å²) < 4.78 is 6.08. The van der Waals surface area contributed by atoms with Gasteiger partial charge in [-0.25, -0.2) is 0 Å². The molecule has 2 N–H and O–H groups in total. The summed E-state index contributed by atoms with van der Waals surface area (Å²) in [6.45, 7) is 1.58. The Balaban J connectivity index is 1.67. The molecule has 3 aliphatic heterocycles. The molecule has 112 valence electrons. The van der Waals surface area contributed by atoms with E-state index >= 15 is 0 Å². The monoisotopic (exact) mass is 288 g/mol. The minimum absolute atomic E-state index is 0.0550. The van der Waals surface area contributed by atoms with Crippen LogP contribution in [0.4, 0.5) is 0 Å². The number of nitrogens with one attached hydrogen (secondary N) is 1. The van der Waals surface area contributed by atoms with E-state index in [1.807, 2.05) is 30.3 Å². The van der Waals surface area contributed by atoms with Crippen LogP contribution >= 0.6 is 0 Å². The van der Waals surface area contributed by atoms with Crippen LogP contribution in [0.3, 0.4) is 0 Å². The molecule has 1 spiro atoms. The highest BCUT2D eigenvalue weighted by Gasteiger charge is 2.60. The molecule has 1 unspecified atom stereocenters. The Morgan fingerprint density at radius 3 is 2.67 bits per heavy atom. The standard InChI is InChI=1S/C16H20N2O3/c19-13-10-12(11-4-2-1-3-5-11)18-14(13)21-16(15(18)20)6-8-17-9-7-16/h1-5,12-14,17,19H,6-10H2/t12-,13?,14+/m0/s1. The first-order chi connectivity index (χ1) is 10.2. The van der Waals surface area contributed by atoms with E-state index < -0.39 is 17.9 Å². The number of carbonyl (C=O) groups is 1. The molecule has 3 saturated heterocycles. The molecule has 0 saturated carbocycles. The van der Waals surface area contributed by atoms with Crippen LogP contribution in [0, 0.1) is 0 Å². The topological polar surface area (TPSA) is 61.8 Å². The number of ether oxygens (including phenoxy) is 1. The lowest BCUT2D eigenvalue weighted by Crippen LogP contribution is -2.49. The number of piperidine rings is 1. The van der Waals surface area contributed by atoms with Crippen LogP contribution in [0.2, 0.25) is 0 Å². The summed E-state index contributed by atoms with van der Waals surface area (Å²) in [6.07, 6.45) is 0.837. The third kappa shape index (κ3) is 1.92. The highest BCUT2D eigenvalue weighted by Crippen LogP contribution is 2.47. The summed E-state index contributed by atoms with van der Waals surface area (Å²) in [6, 6.07) is 9.85. The average Bonchev–Trinajstić information content (AvgIpc) is 2.98. The van der Waals surface area contributed by atoms with Gasteiger partial charge in [0.1, 0.15) is 6.10 Å². The van der Waals surface area contributed by atoms with Gasteiger partial charge in [0.05, 0.1) is 6.04 Å². The summed E-state index contributed by atoms with van der Waals surface area (Å²) in [5.41, 5.74) is 0.353. The van der Waals surface area contributed by atoms with Crippen molar-refractivity contribution in [3.8, 4) is 0 Å². The molecule has 4 rings (SSSR count). The number of amides is 1. The molecule has 3 aliphatic rings. The summed E-state index contributed by atoms with van der Waals surface area (Å²) in [7, 11) is 0. The summed E-state index contributed by atoms with van der Waals surface area (Å²) >= 11 is 0. The van der Waals surface area contributed by atoms with E-state index in [1.165, 1.54) is 0 Å². The van der Waals surface area contributed by atoms with Crippen molar-refractivity contribution < 1.29 is 14.6 Å². The molecule has 3 fully saturated rings. The van der Waals surface area contributed by atoms with Crippen LogP contribution in [0.5, 0.6) is 0 Å². The fraction of sp³-hybridized carbons (Fsp3) is 0.562. The molecule has 1 aromatic carbocycles. The first-order valence-corrected chi connectivity index (χ1v) is 7.66. The van der Waals surface area contributed by atoms with E-state index in [9.17, 15) is 9.90 Å². The Labute approximate surface area is 123 Å². The Bertz CT molecular complexity index is 542. The molecule has 21 heavy (non-hydrogen) atoms. The van der Waals surface area contributed by atoms with Crippen molar-refractivity contribution >= 4 is 5.91 Å². The molecule has 0 radical (unpaired) electrons. The molecule has 1 amide bonds. The van der Waals surface area contributed by atoms with Crippen LogP contribution in [0.1, 0.15) is 30.9 Å². The molecule has 3 heterocycles. The lowest BCUT2D eigenvalue weighted by molar-refractivity contribution is -0.142. The molecule has 0 bridgehead atoms. The van der Waals surface area contributed by atoms with E-state index in [4.69, 9.17) is 4.74 Å². The normalized spacial score (nSPS) is 34.4. The van der Waals surface area contributed by atoms with Gasteiger partial charge in [0, 0.05) is 6.42 Å². The van der Waals surface area contributed by atoms with Crippen molar-refractivity contribution in [2.24, 2.45) is 0 Å². The third-order valence-electron chi connectivity index (χ3n) is 4.97. The molecular formula is C16H20N2O3. The summed E-state index contributed by atoms with van der Waals surface area (Å²) in [4.78, 5) is 14.7. The van der Waals surface area contributed by atoms with Gasteiger partial charge >= 0.3 is 0 Å². The van der Waals surface area contributed by atoms with Crippen molar-refractivity contribution in [2.45, 2.75) is 43.2 Å². The van der Waals surface area contributed by atoms with Crippen molar-refractivity contribution in [2.75, 3.05) is 13.1 Å². The van der Waals surface area contributed by atoms with E-state index in [0.29, 0.717) is 19.3 Å². The predicted octanol–water partition coefficient (Wildman–Crippen LogP) is 0.799. The number of aliphatic hydroxyl groups excluding tert-OH is 1. The second kappa shape index (κ2) is 4.80. The zero-order valence-electron chi connectivity index (χ0n) is 11.9. The fourth-order valence-electron chi connectivity index (χ4n) is 3.86. The molecule has 5 heteroatoms. The van der Waals surface area contributed by atoms with Crippen LogP contribution in [0.15, 0.2) is 30.3 Å². The number of carbonyl (C=O) groups excluding carboxylic acids is 1. The largest absolute Gasteiger partial charge is 0.388 e. The van der Waals surface area contributed by atoms with E-state index in [-0.39, 0.29) is 11.9 Å². The van der Waals surface area contributed by atoms with Gasteiger partial charge in [-0.1, -0.05) is 30.3 Å². The van der Waals surface area contributed by atoms with Gasteiger partial charge < -0.3 is 20.1 Å². The van der Waals surface area contributed by atoms with Gasteiger partial charge in [-0.3, -0.25) is 4.79 Å². The SMILES string of the molecule is O=C1N2[C@H](OC13CCNCC3)C(O)C[C@H]2c1ccccc1. The van der Waals surface area contributed by atoms with Crippen molar-refractivity contribution in [1.29, 1.82) is 0 Å². The van der Waals surface area contributed by atoms with E-state index in [2.05, 4.69) is 5.32 Å². The summed E-state index contributed by atoms with van der Waals surface area (Å²) in [5, 5.41) is 13.6. The average molecular weight is 288 g/mol. The number of benzene rings is 1. The summed E-state index contributed by atoms with van der Waals surface area (Å²) in [5.74, 6) is 0.0550. The quantitative estimate of drug-likeness (QED) is 0.802. The lowest BCUT2D eigenvalue weighted by atomic mass is 9.90. The van der Waals surface area contributed by atoms with Gasteiger partial charge in [-0.15, -0.1) is 0 Å². The van der Waals surface area contributed by atoms with E-state index in [0.717, 1.165) is 18.7 Å². The lowest BCUT2D eigenvalue weighted by Gasteiger charge is -2.32. The van der Waals surface area contributed by atoms with Gasteiger partial charge in [0.2, 0.25) is 0 Å². The molecular weight excluding hydrogens is 268 g/mol. The minimum Gasteiger partial charge on any atom is -0.388 e. The molecule has 3 atom stereocenters. The van der Waals surface area contributed by atoms with Crippen molar-refractivity contribution in [1.82, 2.24) is 10.2 Å². The number of aliphatic hydroxyl groups is 1. The minimum atomic E-state index is -0.718. The predicted molar refractivity (Wildman–Crippen MR) is 76.4 cm³/mol. The van der Waals surface area contributed by atoms with Crippen LogP contribution < -0.4 is 5.32 Å². The number of hydrogen-bond acceptors (Lipinski definition) is 4. The number of rotatable bonds is 1. The van der Waals surface area contributed by atoms with E-state index in [1.54, 1.807) is 4.90 Å². The number of fused-ring (bicyclic) bond motifs is 1. The second-order valence-electron chi connectivity index (χ2n) is 6.19. The van der Waals surface area contributed by atoms with Gasteiger partial charge in [0.25, 0.3) is 5.91 Å². The van der Waals surface area contributed by atoms with Crippen molar-refractivity contribution in [3.05, 3.63) is 35.9 Å². The van der Waals surface area contributed by atoms with Crippen LogP contribution in [0.25, 0.3) is 0 Å². The van der Waals surface area contributed by atoms with Crippen LogP contribution in [-0.2, 0) is 9.53 Å². The first-order valence-electron chi connectivity index (χ1n) is 7.66. The Morgan fingerprint density at radius 1 is 1.24 bits per heavy atom. The molecule has 1 aromatic rings. The zero-order valence-corrected chi connectivity index (χ0v) is 11.9. The number of nitrogens with zero attached hydrogens (tertiary/aromatic N) is 1. The number of hydrogen-bond donors (Lipinski definition) is 2. The molecule has 0 aromatic heterocycles. The molecule has 0 aliphatic carbocycles. The van der Waals surface area contributed by atoms with Gasteiger partial charge in [-0.05, 0) is 31.5 Å². The maximum atomic E-state index is 13.0. The zero-order chi connectivity index (χ0) is 14.4.